The molecule has 1 saturated heterocycles. The first-order valence-electron chi connectivity index (χ1n) is 5.03. The van der Waals surface area contributed by atoms with Crippen molar-refractivity contribution in [2.45, 2.75) is 51.6 Å². The highest BCUT2D eigenvalue weighted by atomic mass is 15.0. The van der Waals surface area contributed by atoms with Crippen molar-refractivity contribution in [3.8, 4) is 6.07 Å². The van der Waals surface area contributed by atoms with Crippen LogP contribution in [0.3, 0.4) is 0 Å². The van der Waals surface area contributed by atoms with E-state index in [0.29, 0.717) is 12.5 Å². The molecule has 12 heavy (non-hydrogen) atoms. The highest BCUT2D eigenvalue weighted by Crippen LogP contribution is 2.37. The van der Waals surface area contributed by atoms with Gasteiger partial charge in [0.2, 0.25) is 0 Å². The lowest BCUT2D eigenvalue weighted by molar-refractivity contribution is 0.276. The molecule has 1 heterocycles. The zero-order valence-corrected chi connectivity index (χ0v) is 8.01. The summed E-state index contributed by atoms with van der Waals surface area (Å²) < 4.78 is 0. The SMILES string of the molecule is CC.N#CCC1CC2CCC2N1. The number of fused-ring (bicyclic) bond motifs is 1. The molecule has 2 fully saturated rings. The van der Waals surface area contributed by atoms with Crippen molar-refractivity contribution in [1.29, 1.82) is 5.26 Å². The second-order valence-corrected chi connectivity index (χ2v) is 3.41. The monoisotopic (exact) mass is 166 g/mol. The van der Waals surface area contributed by atoms with E-state index in [9.17, 15) is 0 Å². The Balaban J connectivity index is 0.000000336. The lowest BCUT2D eigenvalue weighted by atomic mass is 9.80. The van der Waals surface area contributed by atoms with Crippen molar-refractivity contribution >= 4 is 0 Å². The van der Waals surface area contributed by atoms with Gasteiger partial charge in [0.25, 0.3) is 0 Å². The maximum Gasteiger partial charge on any atom is 0.0638 e. The lowest BCUT2D eigenvalue weighted by Gasteiger charge is -2.29. The summed E-state index contributed by atoms with van der Waals surface area (Å²) in [5, 5.41) is 11.9. The van der Waals surface area contributed by atoms with Crippen LogP contribution in [0.1, 0.15) is 39.5 Å². The number of hydrogen-bond donors (Lipinski definition) is 1. The number of nitrogens with zero attached hydrogens (tertiary/aromatic N) is 1. The van der Waals surface area contributed by atoms with Gasteiger partial charge in [-0.2, -0.15) is 5.26 Å². The summed E-state index contributed by atoms with van der Waals surface area (Å²) in [4.78, 5) is 0. The van der Waals surface area contributed by atoms with Crippen LogP contribution in [0.4, 0.5) is 0 Å². The summed E-state index contributed by atoms with van der Waals surface area (Å²) in [5.41, 5.74) is 0. The van der Waals surface area contributed by atoms with Gasteiger partial charge in [-0.05, 0) is 25.2 Å². The van der Waals surface area contributed by atoms with E-state index in [1.54, 1.807) is 0 Å². The summed E-state index contributed by atoms with van der Waals surface area (Å²) in [6.45, 7) is 4.00. The van der Waals surface area contributed by atoms with Crippen LogP contribution in [0.15, 0.2) is 0 Å². The van der Waals surface area contributed by atoms with E-state index in [0.717, 1.165) is 12.0 Å². The summed E-state index contributed by atoms with van der Waals surface area (Å²) in [6, 6.07) is 3.51. The second kappa shape index (κ2) is 4.47. The van der Waals surface area contributed by atoms with Crippen LogP contribution in [0.5, 0.6) is 0 Å². The van der Waals surface area contributed by atoms with E-state index < -0.39 is 0 Å². The Morgan fingerprint density at radius 1 is 1.42 bits per heavy atom. The van der Waals surface area contributed by atoms with Gasteiger partial charge in [0.05, 0.1) is 12.5 Å². The fraction of sp³-hybridized carbons (Fsp3) is 0.900. The lowest BCUT2D eigenvalue weighted by Crippen LogP contribution is -2.37. The molecule has 1 saturated carbocycles. The van der Waals surface area contributed by atoms with Gasteiger partial charge in [-0.1, -0.05) is 13.8 Å². The van der Waals surface area contributed by atoms with Crippen LogP contribution in [-0.2, 0) is 0 Å². The largest absolute Gasteiger partial charge is 0.310 e. The normalized spacial score (nSPS) is 36.9. The minimum absolute atomic E-state index is 0.516. The topological polar surface area (TPSA) is 35.8 Å². The molecule has 0 radical (unpaired) electrons. The molecule has 2 aliphatic rings. The summed E-state index contributed by atoms with van der Waals surface area (Å²) >= 11 is 0. The third-order valence-corrected chi connectivity index (χ3v) is 2.79. The molecule has 2 nitrogen and oxygen atoms in total. The Kier molecular flexibility index (Phi) is 3.55. The van der Waals surface area contributed by atoms with Gasteiger partial charge in [-0.3, -0.25) is 0 Å². The number of nitrogens with one attached hydrogen (secondary N) is 1. The number of rotatable bonds is 1. The van der Waals surface area contributed by atoms with Crippen LogP contribution >= 0.6 is 0 Å². The maximum atomic E-state index is 8.43. The van der Waals surface area contributed by atoms with Crippen LogP contribution < -0.4 is 5.32 Å². The first-order valence-corrected chi connectivity index (χ1v) is 5.03. The van der Waals surface area contributed by atoms with Crippen LogP contribution in [0.2, 0.25) is 0 Å². The molecule has 2 rings (SSSR count). The van der Waals surface area contributed by atoms with Gasteiger partial charge in [-0.25, -0.2) is 0 Å². The predicted molar refractivity (Wildman–Crippen MR) is 49.6 cm³/mol. The Bertz CT molecular complexity index is 159. The van der Waals surface area contributed by atoms with E-state index >= 15 is 0 Å². The third kappa shape index (κ3) is 1.78. The molecule has 0 aromatic heterocycles. The van der Waals surface area contributed by atoms with Crippen molar-refractivity contribution < 1.29 is 0 Å². The molecule has 0 bridgehead atoms. The molecule has 1 aliphatic carbocycles. The molecule has 0 amide bonds. The van der Waals surface area contributed by atoms with Gasteiger partial charge in [0, 0.05) is 12.1 Å². The van der Waals surface area contributed by atoms with Gasteiger partial charge in [0.15, 0.2) is 0 Å². The molecule has 0 aromatic rings. The fourth-order valence-corrected chi connectivity index (χ4v) is 2.06. The van der Waals surface area contributed by atoms with Crippen molar-refractivity contribution in [2.24, 2.45) is 5.92 Å². The van der Waals surface area contributed by atoms with Gasteiger partial charge in [-0.15, -0.1) is 0 Å². The highest BCUT2D eigenvalue weighted by molar-refractivity contribution is 4.99. The highest BCUT2D eigenvalue weighted by Gasteiger charge is 2.39. The average molecular weight is 166 g/mol. The van der Waals surface area contributed by atoms with E-state index in [1.165, 1.54) is 19.3 Å². The third-order valence-electron chi connectivity index (χ3n) is 2.79. The van der Waals surface area contributed by atoms with Crippen molar-refractivity contribution in [3.63, 3.8) is 0 Å². The second-order valence-electron chi connectivity index (χ2n) is 3.41. The zero-order valence-electron chi connectivity index (χ0n) is 8.01. The van der Waals surface area contributed by atoms with Crippen LogP contribution in [-0.4, -0.2) is 12.1 Å². The molecular formula is C10H18N2. The van der Waals surface area contributed by atoms with Crippen molar-refractivity contribution in [2.75, 3.05) is 0 Å². The fourth-order valence-electron chi connectivity index (χ4n) is 2.06. The summed E-state index contributed by atoms with van der Waals surface area (Å²) in [7, 11) is 0. The van der Waals surface area contributed by atoms with Crippen LogP contribution in [0, 0.1) is 17.2 Å². The molecule has 2 heteroatoms. The minimum atomic E-state index is 0.516. The molecule has 0 aromatic carbocycles. The quantitative estimate of drug-likeness (QED) is 0.647. The Morgan fingerprint density at radius 3 is 2.50 bits per heavy atom. The Labute approximate surface area is 75.0 Å². The molecule has 3 atom stereocenters. The summed E-state index contributed by atoms with van der Waals surface area (Å²) in [6.07, 6.45) is 4.68. The molecule has 1 aliphatic heterocycles. The Hall–Kier alpha value is -0.550. The Morgan fingerprint density at radius 2 is 2.17 bits per heavy atom. The van der Waals surface area contributed by atoms with Gasteiger partial charge >= 0.3 is 0 Å². The van der Waals surface area contributed by atoms with Crippen molar-refractivity contribution in [1.82, 2.24) is 5.32 Å². The minimum Gasteiger partial charge on any atom is -0.310 e. The predicted octanol–water partition coefficient (Wildman–Crippen LogP) is 2.07. The smallest absolute Gasteiger partial charge is 0.0638 e. The zero-order chi connectivity index (χ0) is 8.97. The van der Waals surface area contributed by atoms with E-state index in [1.807, 2.05) is 13.8 Å². The summed E-state index contributed by atoms with van der Waals surface area (Å²) in [5.74, 6) is 0.915. The standard InChI is InChI=1S/C8H12N2.C2H6/c9-4-3-7-5-6-1-2-8(6)10-7;1-2/h6-8,10H,1-3,5H2;1-2H3. The first kappa shape index (κ1) is 9.54. The molecule has 3 unspecified atom stereocenters. The van der Waals surface area contributed by atoms with Crippen molar-refractivity contribution in [3.05, 3.63) is 0 Å². The van der Waals surface area contributed by atoms with Gasteiger partial charge < -0.3 is 5.32 Å². The van der Waals surface area contributed by atoms with Gasteiger partial charge in [0.1, 0.15) is 0 Å². The van der Waals surface area contributed by atoms with E-state index in [2.05, 4.69) is 11.4 Å². The molecule has 0 spiro atoms. The molecule has 1 N–H and O–H groups in total. The average Bonchev–Trinajstić information content (AvgIpc) is 2.35. The molecule has 68 valence electrons. The first-order chi connectivity index (χ1) is 5.90. The number of nitriles is 1. The van der Waals surface area contributed by atoms with E-state index in [-0.39, 0.29) is 0 Å². The van der Waals surface area contributed by atoms with Crippen LogP contribution in [0.25, 0.3) is 0 Å². The maximum absolute atomic E-state index is 8.43. The molecular weight excluding hydrogens is 148 g/mol. The van der Waals surface area contributed by atoms with E-state index in [4.69, 9.17) is 5.26 Å². The number of hydrogen-bond acceptors (Lipinski definition) is 2.